The number of carbonyl (C=O) groups excluding carboxylic acids is 1. The first-order valence-electron chi connectivity index (χ1n) is 5.28. The lowest BCUT2D eigenvalue weighted by Crippen LogP contribution is -2.40. The maximum atomic E-state index is 13.3. The van der Waals surface area contributed by atoms with Gasteiger partial charge >= 0.3 is 5.97 Å². The highest BCUT2D eigenvalue weighted by molar-refractivity contribution is 5.79. The van der Waals surface area contributed by atoms with Gasteiger partial charge in [-0.15, -0.1) is 0 Å². The molecule has 100 valence electrons. The molecule has 0 amide bonds. The fraction of sp³-hybridized carbons (Fsp3) is 0.417. The van der Waals surface area contributed by atoms with Crippen LogP contribution >= 0.6 is 0 Å². The zero-order valence-corrected chi connectivity index (χ0v) is 10.2. The van der Waals surface area contributed by atoms with Gasteiger partial charge in [-0.25, -0.2) is 18.0 Å². The summed E-state index contributed by atoms with van der Waals surface area (Å²) in [6, 6.07) is 0.900. The van der Waals surface area contributed by atoms with Crippen LogP contribution in [0.1, 0.15) is 20.8 Å². The summed E-state index contributed by atoms with van der Waals surface area (Å²) in [6.45, 7) is 4.41. The van der Waals surface area contributed by atoms with E-state index in [0.29, 0.717) is 12.1 Å². The molecule has 0 saturated heterocycles. The number of esters is 1. The zero-order chi connectivity index (χ0) is 13.9. The predicted molar refractivity (Wildman–Crippen MR) is 57.7 cm³/mol. The fourth-order valence-corrected chi connectivity index (χ4v) is 1.20. The Bertz CT molecular complexity index is 458. The van der Waals surface area contributed by atoms with Crippen molar-refractivity contribution in [2.75, 3.05) is 6.61 Å². The van der Waals surface area contributed by atoms with Crippen LogP contribution in [-0.2, 0) is 9.53 Å². The van der Waals surface area contributed by atoms with Crippen LogP contribution in [0, 0.1) is 17.5 Å². The Balaban J connectivity index is 2.97. The van der Waals surface area contributed by atoms with Crippen molar-refractivity contribution < 1.29 is 27.4 Å². The van der Waals surface area contributed by atoms with E-state index in [4.69, 9.17) is 9.47 Å². The molecule has 1 rings (SSSR count). The number of hydrogen-bond acceptors (Lipinski definition) is 3. The van der Waals surface area contributed by atoms with Gasteiger partial charge in [0.2, 0.25) is 0 Å². The Morgan fingerprint density at radius 3 is 2.28 bits per heavy atom. The minimum absolute atomic E-state index is 0.131. The van der Waals surface area contributed by atoms with Gasteiger partial charge in [-0.05, 0) is 20.8 Å². The number of rotatable bonds is 4. The molecule has 0 aliphatic rings. The second kappa shape index (κ2) is 5.29. The lowest BCUT2D eigenvalue weighted by atomic mass is 10.1. The Labute approximate surface area is 103 Å². The Morgan fingerprint density at radius 1 is 1.17 bits per heavy atom. The van der Waals surface area contributed by atoms with Crippen LogP contribution in [-0.4, -0.2) is 18.2 Å². The van der Waals surface area contributed by atoms with E-state index in [2.05, 4.69) is 0 Å². The highest BCUT2D eigenvalue weighted by atomic mass is 19.2. The average molecular weight is 262 g/mol. The van der Waals surface area contributed by atoms with E-state index in [1.807, 2.05) is 0 Å². The van der Waals surface area contributed by atoms with Crippen molar-refractivity contribution >= 4 is 5.97 Å². The molecule has 1 aromatic rings. The van der Waals surface area contributed by atoms with Gasteiger partial charge in [0.15, 0.2) is 28.8 Å². The van der Waals surface area contributed by atoms with E-state index in [1.54, 1.807) is 6.92 Å². The molecule has 6 heteroatoms. The van der Waals surface area contributed by atoms with Crippen molar-refractivity contribution in [2.45, 2.75) is 26.4 Å². The molecule has 3 nitrogen and oxygen atoms in total. The first-order valence-corrected chi connectivity index (χ1v) is 5.28. The van der Waals surface area contributed by atoms with Gasteiger partial charge in [0.25, 0.3) is 0 Å². The standard InChI is InChI=1S/C12H13F3O3/c1-4-17-11(16)12(2,3)18-10-6-8(14)7(13)5-9(10)15/h5-6H,4H2,1-3H3. The van der Waals surface area contributed by atoms with Crippen LogP contribution in [0.2, 0.25) is 0 Å². The van der Waals surface area contributed by atoms with Gasteiger partial charge in [0.1, 0.15) is 0 Å². The normalized spacial score (nSPS) is 11.2. The van der Waals surface area contributed by atoms with E-state index in [0.717, 1.165) is 0 Å². The third-order valence-electron chi connectivity index (χ3n) is 2.11. The molecule has 0 bridgehead atoms. The molecular formula is C12H13F3O3. The molecular weight excluding hydrogens is 249 g/mol. The van der Waals surface area contributed by atoms with Crippen molar-refractivity contribution in [1.29, 1.82) is 0 Å². The van der Waals surface area contributed by atoms with E-state index >= 15 is 0 Å². The van der Waals surface area contributed by atoms with Crippen LogP contribution < -0.4 is 4.74 Å². The van der Waals surface area contributed by atoms with Gasteiger partial charge in [0, 0.05) is 12.1 Å². The lowest BCUT2D eigenvalue weighted by Gasteiger charge is -2.24. The van der Waals surface area contributed by atoms with Crippen LogP contribution in [0.15, 0.2) is 12.1 Å². The van der Waals surface area contributed by atoms with Crippen molar-refractivity contribution in [1.82, 2.24) is 0 Å². The van der Waals surface area contributed by atoms with E-state index in [9.17, 15) is 18.0 Å². The summed E-state index contributed by atoms with van der Waals surface area (Å²) >= 11 is 0. The Kier molecular flexibility index (Phi) is 4.21. The molecule has 1 aromatic carbocycles. The fourth-order valence-electron chi connectivity index (χ4n) is 1.20. The SMILES string of the molecule is CCOC(=O)C(C)(C)Oc1cc(F)c(F)cc1F. The summed E-state index contributed by atoms with van der Waals surface area (Å²) < 4.78 is 48.7. The smallest absolute Gasteiger partial charge is 0.349 e. The topological polar surface area (TPSA) is 35.5 Å². The second-order valence-corrected chi connectivity index (χ2v) is 4.03. The summed E-state index contributed by atoms with van der Waals surface area (Å²) in [6.07, 6.45) is 0. The zero-order valence-electron chi connectivity index (χ0n) is 10.2. The first kappa shape index (κ1) is 14.3. The molecule has 0 aliphatic carbocycles. The van der Waals surface area contributed by atoms with Gasteiger partial charge in [-0.3, -0.25) is 0 Å². The van der Waals surface area contributed by atoms with Gasteiger partial charge in [-0.2, -0.15) is 0 Å². The summed E-state index contributed by atoms with van der Waals surface area (Å²) in [5.41, 5.74) is -1.50. The van der Waals surface area contributed by atoms with Crippen LogP contribution in [0.3, 0.4) is 0 Å². The molecule has 0 fully saturated rings. The van der Waals surface area contributed by atoms with E-state index in [-0.39, 0.29) is 6.61 Å². The molecule has 0 saturated carbocycles. The van der Waals surface area contributed by atoms with E-state index in [1.165, 1.54) is 13.8 Å². The molecule has 0 radical (unpaired) electrons. The first-order chi connectivity index (χ1) is 8.27. The van der Waals surface area contributed by atoms with Crippen LogP contribution in [0.25, 0.3) is 0 Å². The third-order valence-corrected chi connectivity index (χ3v) is 2.11. The maximum absolute atomic E-state index is 13.3. The number of halogens is 3. The molecule has 0 N–H and O–H groups in total. The van der Waals surface area contributed by atoms with Crippen LogP contribution in [0.5, 0.6) is 5.75 Å². The number of carbonyl (C=O) groups is 1. The highest BCUT2D eigenvalue weighted by Gasteiger charge is 2.32. The monoisotopic (exact) mass is 262 g/mol. The van der Waals surface area contributed by atoms with E-state index < -0.39 is 34.8 Å². The number of benzene rings is 1. The van der Waals surface area contributed by atoms with Crippen molar-refractivity contribution in [3.8, 4) is 5.75 Å². The van der Waals surface area contributed by atoms with Gasteiger partial charge < -0.3 is 9.47 Å². The largest absolute Gasteiger partial charge is 0.473 e. The Morgan fingerprint density at radius 2 is 1.72 bits per heavy atom. The summed E-state index contributed by atoms with van der Waals surface area (Å²) in [5.74, 6) is -4.95. The molecule has 0 spiro atoms. The average Bonchev–Trinajstić information content (AvgIpc) is 2.26. The van der Waals surface area contributed by atoms with Gasteiger partial charge in [0.05, 0.1) is 6.61 Å². The quantitative estimate of drug-likeness (QED) is 0.618. The summed E-state index contributed by atoms with van der Waals surface area (Å²) in [4.78, 5) is 11.5. The van der Waals surface area contributed by atoms with Gasteiger partial charge in [-0.1, -0.05) is 0 Å². The summed E-state index contributed by atoms with van der Waals surface area (Å²) in [5, 5.41) is 0. The Hall–Kier alpha value is -1.72. The molecule has 0 heterocycles. The molecule has 0 unspecified atom stereocenters. The number of hydrogen-bond donors (Lipinski definition) is 0. The van der Waals surface area contributed by atoms with Crippen molar-refractivity contribution in [2.24, 2.45) is 0 Å². The van der Waals surface area contributed by atoms with Crippen LogP contribution in [0.4, 0.5) is 13.2 Å². The number of ether oxygens (including phenoxy) is 2. The third kappa shape index (κ3) is 3.15. The minimum Gasteiger partial charge on any atom is -0.473 e. The molecule has 0 aromatic heterocycles. The molecule has 0 atom stereocenters. The minimum atomic E-state index is -1.50. The molecule has 0 aliphatic heterocycles. The lowest BCUT2D eigenvalue weighted by molar-refractivity contribution is -0.158. The molecule has 18 heavy (non-hydrogen) atoms. The second-order valence-electron chi connectivity index (χ2n) is 4.03. The highest BCUT2D eigenvalue weighted by Crippen LogP contribution is 2.25. The summed E-state index contributed by atoms with van der Waals surface area (Å²) in [7, 11) is 0. The van der Waals surface area contributed by atoms with Crippen molar-refractivity contribution in [3.63, 3.8) is 0 Å². The maximum Gasteiger partial charge on any atom is 0.349 e. The van der Waals surface area contributed by atoms with Crippen molar-refractivity contribution in [3.05, 3.63) is 29.6 Å². The predicted octanol–water partition coefficient (Wildman–Crippen LogP) is 2.82.